The summed E-state index contributed by atoms with van der Waals surface area (Å²) >= 11 is 0. The molecule has 1 aromatic rings. The molecule has 0 radical (unpaired) electrons. The van der Waals surface area contributed by atoms with Crippen molar-refractivity contribution in [2.45, 2.75) is 25.5 Å². The van der Waals surface area contributed by atoms with Crippen molar-refractivity contribution < 1.29 is 14.2 Å². The van der Waals surface area contributed by atoms with E-state index in [4.69, 9.17) is 4.74 Å². The molecule has 2 N–H and O–H groups in total. The Morgan fingerprint density at radius 3 is 2.59 bits per heavy atom. The molecule has 4 heteroatoms. The Hall–Kier alpha value is -0.970. The summed E-state index contributed by atoms with van der Waals surface area (Å²) < 4.78 is 17.7. The first kappa shape index (κ1) is 14.1. The van der Waals surface area contributed by atoms with Gasteiger partial charge in [0.05, 0.1) is 6.10 Å². The molecule has 0 saturated carbocycles. The van der Waals surface area contributed by atoms with Crippen molar-refractivity contribution in [3.8, 4) is 0 Å². The molecule has 2 atom stereocenters. The van der Waals surface area contributed by atoms with Crippen LogP contribution in [-0.4, -0.2) is 31.4 Å². The fourth-order valence-corrected chi connectivity index (χ4v) is 1.61. The molecular weight excluding hydrogens is 221 g/mol. The van der Waals surface area contributed by atoms with Crippen molar-refractivity contribution in [2.24, 2.45) is 0 Å². The van der Waals surface area contributed by atoms with Gasteiger partial charge < -0.3 is 15.2 Å². The number of halogens is 1. The Morgan fingerprint density at radius 2 is 2.00 bits per heavy atom. The quantitative estimate of drug-likeness (QED) is 0.716. The second-order valence-electron chi connectivity index (χ2n) is 4.09. The van der Waals surface area contributed by atoms with Crippen LogP contribution in [0.2, 0.25) is 0 Å². The SMILES string of the molecule is COCCCNC(C)C(O)c1ccc(F)cc1. The monoisotopic (exact) mass is 241 g/mol. The summed E-state index contributed by atoms with van der Waals surface area (Å²) in [6.45, 7) is 3.39. The van der Waals surface area contributed by atoms with E-state index in [0.717, 1.165) is 18.5 Å². The van der Waals surface area contributed by atoms with E-state index >= 15 is 0 Å². The summed E-state index contributed by atoms with van der Waals surface area (Å²) in [6.07, 6.45) is 0.273. The van der Waals surface area contributed by atoms with Crippen molar-refractivity contribution in [1.82, 2.24) is 5.32 Å². The highest BCUT2D eigenvalue weighted by Crippen LogP contribution is 2.16. The zero-order valence-electron chi connectivity index (χ0n) is 10.3. The number of aliphatic hydroxyl groups excluding tert-OH is 1. The molecule has 0 spiro atoms. The van der Waals surface area contributed by atoms with Crippen LogP contribution in [0.15, 0.2) is 24.3 Å². The van der Waals surface area contributed by atoms with Gasteiger partial charge in [-0.15, -0.1) is 0 Å². The van der Waals surface area contributed by atoms with E-state index in [-0.39, 0.29) is 11.9 Å². The normalized spacial score (nSPS) is 14.6. The largest absolute Gasteiger partial charge is 0.387 e. The first-order valence-electron chi connectivity index (χ1n) is 5.81. The predicted octanol–water partition coefficient (Wildman–Crippen LogP) is 1.87. The van der Waals surface area contributed by atoms with Crippen molar-refractivity contribution in [3.63, 3.8) is 0 Å². The number of benzene rings is 1. The summed E-state index contributed by atoms with van der Waals surface area (Å²) in [4.78, 5) is 0. The van der Waals surface area contributed by atoms with Gasteiger partial charge in [0.15, 0.2) is 0 Å². The molecule has 1 rings (SSSR count). The molecule has 0 heterocycles. The first-order valence-corrected chi connectivity index (χ1v) is 5.81. The molecule has 0 amide bonds. The summed E-state index contributed by atoms with van der Waals surface area (Å²) in [5.74, 6) is -0.290. The fraction of sp³-hybridized carbons (Fsp3) is 0.538. The molecule has 96 valence electrons. The lowest BCUT2D eigenvalue weighted by Crippen LogP contribution is -2.33. The highest BCUT2D eigenvalue weighted by molar-refractivity contribution is 5.19. The van der Waals surface area contributed by atoms with Crippen LogP contribution in [0.1, 0.15) is 25.0 Å². The van der Waals surface area contributed by atoms with Crippen LogP contribution < -0.4 is 5.32 Å². The molecule has 0 aromatic heterocycles. The maximum absolute atomic E-state index is 12.7. The fourth-order valence-electron chi connectivity index (χ4n) is 1.61. The third-order valence-corrected chi connectivity index (χ3v) is 2.68. The van der Waals surface area contributed by atoms with Crippen molar-refractivity contribution >= 4 is 0 Å². The Bertz CT molecular complexity index is 316. The average Bonchev–Trinajstić information content (AvgIpc) is 2.34. The number of nitrogens with one attached hydrogen (secondary N) is 1. The maximum atomic E-state index is 12.7. The standard InChI is InChI=1S/C13H20FNO2/c1-10(15-8-3-9-17-2)13(16)11-4-6-12(14)7-5-11/h4-7,10,13,15-16H,3,8-9H2,1-2H3. The van der Waals surface area contributed by atoms with E-state index in [9.17, 15) is 9.50 Å². The van der Waals surface area contributed by atoms with Crippen LogP contribution in [0.25, 0.3) is 0 Å². The predicted molar refractivity (Wildman–Crippen MR) is 65.3 cm³/mol. The molecule has 2 unspecified atom stereocenters. The molecule has 0 fully saturated rings. The van der Waals surface area contributed by atoms with Crippen LogP contribution in [0.5, 0.6) is 0 Å². The smallest absolute Gasteiger partial charge is 0.123 e. The van der Waals surface area contributed by atoms with Crippen LogP contribution in [0.3, 0.4) is 0 Å². The van der Waals surface area contributed by atoms with Gasteiger partial charge in [0.25, 0.3) is 0 Å². The summed E-state index contributed by atoms with van der Waals surface area (Å²) in [6, 6.07) is 5.85. The van der Waals surface area contributed by atoms with E-state index in [1.165, 1.54) is 12.1 Å². The Kier molecular flexibility index (Phi) is 6.11. The van der Waals surface area contributed by atoms with Crippen molar-refractivity contribution in [2.75, 3.05) is 20.3 Å². The Morgan fingerprint density at radius 1 is 1.35 bits per heavy atom. The van der Waals surface area contributed by atoms with Gasteiger partial charge in [-0.2, -0.15) is 0 Å². The number of hydrogen-bond donors (Lipinski definition) is 2. The Balaban J connectivity index is 2.40. The minimum atomic E-state index is -0.627. The number of hydrogen-bond acceptors (Lipinski definition) is 3. The van der Waals surface area contributed by atoms with Crippen LogP contribution in [0, 0.1) is 5.82 Å². The number of methoxy groups -OCH3 is 1. The van der Waals surface area contributed by atoms with E-state index < -0.39 is 6.10 Å². The number of aliphatic hydroxyl groups is 1. The van der Waals surface area contributed by atoms with Crippen LogP contribution in [0.4, 0.5) is 4.39 Å². The van der Waals surface area contributed by atoms with Gasteiger partial charge in [-0.25, -0.2) is 4.39 Å². The van der Waals surface area contributed by atoms with Gasteiger partial charge in [0, 0.05) is 19.8 Å². The zero-order chi connectivity index (χ0) is 12.7. The van der Waals surface area contributed by atoms with Crippen molar-refractivity contribution in [3.05, 3.63) is 35.6 Å². The minimum absolute atomic E-state index is 0.0719. The molecule has 17 heavy (non-hydrogen) atoms. The zero-order valence-corrected chi connectivity index (χ0v) is 10.3. The summed E-state index contributed by atoms with van der Waals surface area (Å²) in [7, 11) is 1.66. The molecule has 0 aliphatic heterocycles. The van der Waals surface area contributed by atoms with E-state index in [0.29, 0.717) is 6.61 Å². The molecule has 3 nitrogen and oxygen atoms in total. The lowest BCUT2D eigenvalue weighted by atomic mass is 10.0. The summed E-state index contributed by atoms with van der Waals surface area (Å²) in [5, 5.41) is 13.2. The molecule has 0 aliphatic rings. The topological polar surface area (TPSA) is 41.5 Å². The van der Waals surface area contributed by atoms with Gasteiger partial charge in [-0.3, -0.25) is 0 Å². The molecule has 0 saturated heterocycles. The Labute approximate surface area is 102 Å². The van der Waals surface area contributed by atoms with Gasteiger partial charge in [0.2, 0.25) is 0 Å². The third-order valence-electron chi connectivity index (χ3n) is 2.68. The van der Waals surface area contributed by atoms with Gasteiger partial charge in [0.1, 0.15) is 5.82 Å². The van der Waals surface area contributed by atoms with E-state index in [1.807, 2.05) is 6.92 Å². The second-order valence-corrected chi connectivity index (χ2v) is 4.09. The highest BCUT2D eigenvalue weighted by atomic mass is 19.1. The van der Waals surface area contributed by atoms with E-state index in [2.05, 4.69) is 5.32 Å². The maximum Gasteiger partial charge on any atom is 0.123 e. The highest BCUT2D eigenvalue weighted by Gasteiger charge is 2.15. The molecule has 1 aromatic carbocycles. The van der Waals surface area contributed by atoms with Gasteiger partial charge in [-0.05, 0) is 37.6 Å². The lowest BCUT2D eigenvalue weighted by Gasteiger charge is -2.20. The molecule has 0 aliphatic carbocycles. The van der Waals surface area contributed by atoms with Gasteiger partial charge >= 0.3 is 0 Å². The van der Waals surface area contributed by atoms with Gasteiger partial charge in [-0.1, -0.05) is 12.1 Å². The second kappa shape index (κ2) is 7.37. The number of rotatable bonds is 7. The molecule has 0 bridgehead atoms. The first-order chi connectivity index (χ1) is 8.15. The molecular formula is C13H20FNO2. The summed E-state index contributed by atoms with van der Waals surface area (Å²) in [5.41, 5.74) is 0.721. The third kappa shape index (κ3) is 4.81. The van der Waals surface area contributed by atoms with E-state index in [1.54, 1.807) is 19.2 Å². The van der Waals surface area contributed by atoms with Crippen LogP contribution >= 0.6 is 0 Å². The van der Waals surface area contributed by atoms with Crippen molar-refractivity contribution in [1.29, 1.82) is 0 Å². The average molecular weight is 241 g/mol. The lowest BCUT2D eigenvalue weighted by molar-refractivity contribution is 0.132. The van der Waals surface area contributed by atoms with Crippen LogP contribution in [-0.2, 0) is 4.74 Å². The minimum Gasteiger partial charge on any atom is -0.387 e. The number of ether oxygens (including phenoxy) is 1.